The van der Waals surface area contributed by atoms with Crippen molar-refractivity contribution >= 4 is 68.4 Å². The molecule has 0 saturated carbocycles. The van der Waals surface area contributed by atoms with Crippen molar-refractivity contribution in [2.75, 3.05) is 30.3 Å². The van der Waals surface area contributed by atoms with Crippen LogP contribution in [0.3, 0.4) is 0 Å². The lowest BCUT2D eigenvalue weighted by atomic mass is 10.2. The number of azo groups is 1. The molecule has 11 heteroatoms. The number of hydrogen-bond acceptors (Lipinski definition) is 6. The number of ether oxygens (including phenoxy) is 2. The summed E-state index contributed by atoms with van der Waals surface area (Å²) in [7, 11) is 3.24. The summed E-state index contributed by atoms with van der Waals surface area (Å²) in [5.41, 5.74) is 9.27. The fourth-order valence-electron chi connectivity index (χ4n) is 3.20. The highest BCUT2D eigenvalue weighted by atomic mass is 32.1. The number of benzene rings is 3. The van der Waals surface area contributed by atoms with E-state index in [1.54, 1.807) is 14.2 Å². The lowest BCUT2D eigenvalue weighted by Crippen LogP contribution is -2.33. The SMILES string of the molecule is COc1ccc(NC(=S)/N=N/c2[nH]c3ccccc3c2NNC(=S)Nc2ccc(OC)cc2)cc1. The largest absolute Gasteiger partial charge is 0.497 e. The van der Waals surface area contributed by atoms with Gasteiger partial charge < -0.3 is 25.1 Å². The molecule has 0 atom stereocenters. The molecule has 35 heavy (non-hydrogen) atoms. The molecule has 5 N–H and O–H groups in total. The fourth-order valence-corrected chi connectivity index (χ4v) is 3.53. The Labute approximate surface area is 212 Å². The van der Waals surface area contributed by atoms with Crippen molar-refractivity contribution in [1.82, 2.24) is 10.4 Å². The molecule has 0 radical (unpaired) electrons. The van der Waals surface area contributed by atoms with Crippen LogP contribution in [0.2, 0.25) is 0 Å². The quantitative estimate of drug-likeness (QED) is 0.119. The summed E-state index contributed by atoms with van der Waals surface area (Å²) in [6, 6.07) is 22.6. The van der Waals surface area contributed by atoms with Crippen LogP contribution < -0.4 is 31.0 Å². The standard InChI is InChI=1S/C24H23N7O2S2/c1-32-17-11-7-15(8-12-17)25-23(34)30-28-21-19-5-3-4-6-20(19)27-22(21)29-31-24(35)26-16-9-13-18(33-2)14-10-16/h3-14,27-28H,1-2H3,(H,26,35)(H2,25,30,34)/b31-29+. The maximum Gasteiger partial charge on any atom is 0.218 e. The summed E-state index contributed by atoms with van der Waals surface area (Å²) in [5.74, 6) is 2.01. The van der Waals surface area contributed by atoms with Gasteiger partial charge in [0.2, 0.25) is 5.11 Å². The lowest BCUT2D eigenvalue weighted by Gasteiger charge is -2.13. The van der Waals surface area contributed by atoms with Crippen LogP contribution in [0.15, 0.2) is 83.0 Å². The van der Waals surface area contributed by atoms with E-state index < -0.39 is 0 Å². The molecule has 0 spiro atoms. The molecule has 4 aromatic rings. The second-order valence-electron chi connectivity index (χ2n) is 7.19. The molecule has 1 heterocycles. The zero-order valence-electron chi connectivity index (χ0n) is 19.0. The van der Waals surface area contributed by atoms with E-state index in [-0.39, 0.29) is 5.11 Å². The minimum Gasteiger partial charge on any atom is -0.497 e. The smallest absolute Gasteiger partial charge is 0.218 e. The van der Waals surface area contributed by atoms with Crippen LogP contribution in [0.5, 0.6) is 11.5 Å². The molecule has 0 aliphatic carbocycles. The summed E-state index contributed by atoms with van der Waals surface area (Å²) in [6.45, 7) is 0. The minimum atomic E-state index is 0.212. The van der Waals surface area contributed by atoms with Gasteiger partial charge in [-0.1, -0.05) is 18.2 Å². The van der Waals surface area contributed by atoms with Gasteiger partial charge in [-0.25, -0.2) is 0 Å². The van der Waals surface area contributed by atoms with Crippen LogP contribution in [-0.4, -0.2) is 29.4 Å². The highest BCUT2D eigenvalue weighted by Gasteiger charge is 2.12. The number of methoxy groups -OCH3 is 2. The molecule has 3 aromatic carbocycles. The molecule has 0 bridgehead atoms. The lowest BCUT2D eigenvalue weighted by molar-refractivity contribution is 0.415. The first kappa shape index (κ1) is 23.9. The number of para-hydroxylation sites is 1. The van der Waals surface area contributed by atoms with Gasteiger partial charge in [0.1, 0.15) is 17.2 Å². The van der Waals surface area contributed by atoms with Crippen LogP contribution in [-0.2, 0) is 0 Å². The Morgan fingerprint density at radius 3 is 2.03 bits per heavy atom. The zero-order valence-corrected chi connectivity index (χ0v) is 20.6. The number of fused-ring (bicyclic) bond motifs is 1. The predicted octanol–water partition coefficient (Wildman–Crippen LogP) is 5.98. The van der Waals surface area contributed by atoms with Crippen molar-refractivity contribution in [3.63, 3.8) is 0 Å². The van der Waals surface area contributed by atoms with Gasteiger partial charge in [-0.2, -0.15) is 0 Å². The first-order valence-corrected chi connectivity index (χ1v) is 11.3. The summed E-state index contributed by atoms with van der Waals surface area (Å²) in [6.07, 6.45) is 0. The monoisotopic (exact) mass is 505 g/mol. The maximum absolute atomic E-state index is 5.41. The van der Waals surface area contributed by atoms with Gasteiger partial charge in [-0.05, 0) is 79.0 Å². The van der Waals surface area contributed by atoms with Gasteiger partial charge in [0.15, 0.2) is 10.9 Å². The summed E-state index contributed by atoms with van der Waals surface area (Å²) >= 11 is 10.7. The Kier molecular flexibility index (Phi) is 7.70. The molecular formula is C24H23N7O2S2. The number of nitrogens with one attached hydrogen (secondary N) is 5. The van der Waals surface area contributed by atoms with E-state index in [1.807, 2.05) is 72.8 Å². The number of thiocarbonyl (C=S) groups is 2. The molecule has 0 aliphatic rings. The number of aromatic amines is 1. The second kappa shape index (κ2) is 11.3. The zero-order chi connectivity index (χ0) is 24.6. The third kappa shape index (κ3) is 6.22. The second-order valence-corrected chi connectivity index (χ2v) is 7.98. The van der Waals surface area contributed by atoms with Crippen molar-refractivity contribution in [2.45, 2.75) is 0 Å². The number of hydrazine groups is 1. The normalized spacial score (nSPS) is 10.7. The van der Waals surface area contributed by atoms with Gasteiger partial charge >= 0.3 is 0 Å². The highest BCUT2D eigenvalue weighted by molar-refractivity contribution is 7.80. The molecule has 0 saturated heterocycles. The number of H-pyrrole nitrogens is 1. The van der Waals surface area contributed by atoms with Crippen molar-refractivity contribution < 1.29 is 9.47 Å². The fraction of sp³-hybridized carbons (Fsp3) is 0.0833. The Morgan fingerprint density at radius 2 is 1.40 bits per heavy atom. The first-order valence-electron chi connectivity index (χ1n) is 10.5. The maximum atomic E-state index is 5.41. The van der Waals surface area contributed by atoms with E-state index >= 15 is 0 Å². The molecule has 0 fully saturated rings. The van der Waals surface area contributed by atoms with E-state index in [2.05, 4.69) is 36.7 Å². The van der Waals surface area contributed by atoms with Gasteiger partial charge in [0.05, 0.1) is 14.2 Å². The van der Waals surface area contributed by atoms with Gasteiger partial charge in [-0.3, -0.25) is 10.9 Å². The molecule has 0 amide bonds. The Hall–Kier alpha value is -4.22. The molecular weight excluding hydrogens is 482 g/mol. The third-order valence-electron chi connectivity index (χ3n) is 4.92. The van der Waals surface area contributed by atoms with Crippen LogP contribution >= 0.6 is 24.4 Å². The van der Waals surface area contributed by atoms with Gasteiger partial charge in [0, 0.05) is 22.3 Å². The number of rotatable bonds is 7. The van der Waals surface area contributed by atoms with E-state index in [0.717, 1.165) is 33.8 Å². The summed E-state index contributed by atoms with van der Waals surface area (Å²) < 4.78 is 10.3. The Balaban J connectivity index is 1.45. The Bertz CT molecular complexity index is 1350. The number of hydrogen-bond donors (Lipinski definition) is 5. The topological polar surface area (TPSA) is 107 Å². The molecule has 4 rings (SSSR count). The predicted molar refractivity (Wildman–Crippen MR) is 148 cm³/mol. The van der Waals surface area contributed by atoms with Gasteiger partial charge in [-0.15, -0.1) is 10.2 Å². The van der Waals surface area contributed by atoms with E-state index in [0.29, 0.717) is 16.6 Å². The number of aromatic nitrogens is 1. The highest BCUT2D eigenvalue weighted by Crippen LogP contribution is 2.33. The average Bonchev–Trinajstić information content (AvgIpc) is 3.24. The number of anilines is 3. The molecule has 0 unspecified atom stereocenters. The Morgan fingerprint density at radius 1 is 0.800 bits per heavy atom. The molecule has 0 aliphatic heterocycles. The van der Waals surface area contributed by atoms with Crippen molar-refractivity contribution in [2.24, 2.45) is 10.2 Å². The summed E-state index contributed by atoms with van der Waals surface area (Å²) in [5, 5.41) is 16.1. The molecule has 1 aromatic heterocycles. The van der Waals surface area contributed by atoms with Gasteiger partial charge in [0.25, 0.3) is 0 Å². The van der Waals surface area contributed by atoms with Crippen molar-refractivity contribution in [3.8, 4) is 11.5 Å². The van der Waals surface area contributed by atoms with E-state index in [1.165, 1.54) is 0 Å². The van der Waals surface area contributed by atoms with E-state index in [9.17, 15) is 0 Å². The van der Waals surface area contributed by atoms with Crippen LogP contribution in [0.1, 0.15) is 0 Å². The third-order valence-corrected chi connectivity index (χ3v) is 5.31. The first-order chi connectivity index (χ1) is 17.1. The van der Waals surface area contributed by atoms with Crippen molar-refractivity contribution in [3.05, 3.63) is 72.8 Å². The van der Waals surface area contributed by atoms with E-state index in [4.69, 9.17) is 33.9 Å². The summed E-state index contributed by atoms with van der Waals surface area (Å²) in [4.78, 5) is 3.24. The minimum absolute atomic E-state index is 0.212. The van der Waals surface area contributed by atoms with Crippen LogP contribution in [0.25, 0.3) is 10.9 Å². The molecule has 9 nitrogen and oxygen atoms in total. The van der Waals surface area contributed by atoms with Crippen LogP contribution in [0, 0.1) is 0 Å². The molecule has 178 valence electrons. The van der Waals surface area contributed by atoms with Crippen LogP contribution in [0.4, 0.5) is 22.9 Å². The number of nitrogens with zero attached hydrogens (tertiary/aromatic N) is 2. The average molecular weight is 506 g/mol. The van der Waals surface area contributed by atoms with Crippen molar-refractivity contribution in [1.29, 1.82) is 0 Å².